The quantitative estimate of drug-likeness (QED) is 0.788. The van der Waals surface area contributed by atoms with Gasteiger partial charge in [0.25, 0.3) is 0 Å². The first kappa shape index (κ1) is 14.7. The van der Waals surface area contributed by atoms with Crippen LogP contribution >= 0.6 is 15.9 Å². The molecule has 0 saturated carbocycles. The van der Waals surface area contributed by atoms with E-state index in [1.165, 1.54) is 5.82 Å². The third kappa shape index (κ3) is 4.14. The molecule has 1 saturated heterocycles. The molecule has 0 unspecified atom stereocenters. The topological polar surface area (TPSA) is 53.7 Å². The minimum Gasteiger partial charge on any atom is -0.333 e. The Morgan fingerprint density at radius 2 is 2.21 bits per heavy atom. The van der Waals surface area contributed by atoms with Crippen LogP contribution < -0.4 is 5.32 Å². The molecular weight excluding hydrogens is 304 g/mol. The van der Waals surface area contributed by atoms with Crippen molar-refractivity contribution in [1.29, 1.82) is 5.41 Å². The van der Waals surface area contributed by atoms with Crippen molar-refractivity contribution in [2.24, 2.45) is 0 Å². The molecule has 1 fully saturated rings. The number of hydrogen-bond acceptors (Lipinski definition) is 3. The van der Waals surface area contributed by atoms with Crippen LogP contribution in [0.3, 0.4) is 0 Å². The van der Waals surface area contributed by atoms with E-state index in [1.54, 1.807) is 0 Å². The van der Waals surface area contributed by atoms with Crippen molar-refractivity contribution in [3.63, 3.8) is 0 Å². The van der Waals surface area contributed by atoms with Crippen LogP contribution in [0.4, 0.5) is 0 Å². The van der Waals surface area contributed by atoms with Crippen molar-refractivity contribution in [3.05, 3.63) is 16.6 Å². The summed E-state index contributed by atoms with van der Waals surface area (Å²) in [6.45, 7) is 5.18. The summed E-state index contributed by atoms with van der Waals surface area (Å²) in [4.78, 5) is 4.64. The fourth-order valence-electron chi connectivity index (χ4n) is 2.66. The van der Waals surface area contributed by atoms with Crippen LogP contribution in [0.15, 0.2) is 10.8 Å². The second kappa shape index (κ2) is 7.20. The van der Waals surface area contributed by atoms with Crippen LogP contribution in [0.2, 0.25) is 0 Å². The molecule has 1 aliphatic heterocycles. The number of halogens is 1. The SMILES string of the molecule is CCCC(=N)CCn1cc(Br)nc1C1CCNCC1. The highest BCUT2D eigenvalue weighted by atomic mass is 79.9. The summed E-state index contributed by atoms with van der Waals surface area (Å²) in [6, 6.07) is 0. The molecule has 0 bridgehead atoms. The van der Waals surface area contributed by atoms with Gasteiger partial charge in [0.15, 0.2) is 0 Å². The van der Waals surface area contributed by atoms with Crippen molar-refractivity contribution >= 4 is 21.6 Å². The van der Waals surface area contributed by atoms with E-state index >= 15 is 0 Å². The summed E-state index contributed by atoms with van der Waals surface area (Å²) >= 11 is 3.49. The highest BCUT2D eigenvalue weighted by molar-refractivity contribution is 9.10. The van der Waals surface area contributed by atoms with E-state index < -0.39 is 0 Å². The van der Waals surface area contributed by atoms with E-state index in [0.717, 1.165) is 62.1 Å². The summed E-state index contributed by atoms with van der Waals surface area (Å²) in [6.07, 6.45) is 7.21. The van der Waals surface area contributed by atoms with Gasteiger partial charge in [-0.05, 0) is 48.3 Å². The second-order valence-electron chi connectivity index (χ2n) is 5.24. The van der Waals surface area contributed by atoms with E-state index in [0.29, 0.717) is 5.92 Å². The highest BCUT2D eigenvalue weighted by Crippen LogP contribution is 2.26. The number of hydrogen-bond donors (Lipinski definition) is 2. The number of nitrogens with zero attached hydrogens (tertiary/aromatic N) is 2. The molecule has 19 heavy (non-hydrogen) atoms. The zero-order chi connectivity index (χ0) is 13.7. The Morgan fingerprint density at radius 3 is 2.89 bits per heavy atom. The molecule has 2 N–H and O–H groups in total. The molecule has 5 heteroatoms. The van der Waals surface area contributed by atoms with Crippen molar-refractivity contribution < 1.29 is 0 Å². The van der Waals surface area contributed by atoms with E-state index in [1.807, 2.05) is 0 Å². The molecule has 0 aromatic carbocycles. The molecule has 2 rings (SSSR count). The van der Waals surface area contributed by atoms with Gasteiger partial charge in [-0.3, -0.25) is 0 Å². The van der Waals surface area contributed by atoms with Crippen molar-refractivity contribution in [3.8, 4) is 0 Å². The van der Waals surface area contributed by atoms with E-state index in [2.05, 4.69) is 43.9 Å². The molecule has 0 radical (unpaired) electrons. The number of rotatable bonds is 6. The molecule has 0 spiro atoms. The molecule has 0 aliphatic carbocycles. The molecule has 1 aromatic heterocycles. The molecule has 1 aromatic rings. The average molecular weight is 327 g/mol. The summed E-state index contributed by atoms with van der Waals surface area (Å²) in [7, 11) is 0. The number of aryl methyl sites for hydroxylation is 1. The van der Waals surface area contributed by atoms with Crippen LogP contribution in [0.25, 0.3) is 0 Å². The van der Waals surface area contributed by atoms with Crippen molar-refractivity contribution in [1.82, 2.24) is 14.9 Å². The van der Waals surface area contributed by atoms with Crippen LogP contribution in [0.1, 0.15) is 50.8 Å². The lowest BCUT2D eigenvalue weighted by Crippen LogP contribution is -2.28. The Balaban J connectivity index is 2.01. The molecule has 2 heterocycles. The zero-order valence-corrected chi connectivity index (χ0v) is 13.2. The van der Waals surface area contributed by atoms with E-state index in [4.69, 9.17) is 5.41 Å². The minimum atomic E-state index is 0.563. The fourth-order valence-corrected chi connectivity index (χ4v) is 3.09. The molecule has 4 nitrogen and oxygen atoms in total. The average Bonchev–Trinajstić information content (AvgIpc) is 2.79. The first-order valence-corrected chi connectivity index (χ1v) is 7.99. The van der Waals surface area contributed by atoms with Gasteiger partial charge in [-0.2, -0.15) is 0 Å². The Kier molecular flexibility index (Phi) is 5.58. The van der Waals surface area contributed by atoms with Gasteiger partial charge < -0.3 is 15.3 Å². The number of imidazole rings is 1. The third-order valence-electron chi connectivity index (χ3n) is 3.69. The lowest BCUT2D eigenvalue weighted by molar-refractivity contribution is 0.431. The minimum absolute atomic E-state index is 0.563. The van der Waals surface area contributed by atoms with Gasteiger partial charge in [-0.15, -0.1) is 0 Å². The molecule has 0 atom stereocenters. The first-order chi connectivity index (χ1) is 9.20. The first-order valence-electron chi connectivity index (χ1n) is 7.20. The fraction of sp³-hybridized carbons (Fsp3) is 0.714. The van der Waals surface area contributed by atoms with Gasteiger partial charge in [-0.1, -0.05) is 13.3 Å². The van der Waals surface area contributed by atoms with E-state index in [9.17, 15) is 0 Å². The number of piperidine rings is 1. The van der Waals surface area contributed by atoms with Gasteiger partial charge >= 0.3 is 0 Å². The van der Waals surface area contributed by atoms with Gasteiger partial charge in [0.2, 0.25) is 0 Å². The lowest BCUT2D eigenvalue weighted by Gasteiger charge is -2.23. The smallest absolute Gasteiger partial charge is 0.124 e. The van der Waals surface area contributed by atoms with Crippen LogP contribution in [0.5, 0.6) is 0 Å². The van der Waals surface area contributed by atoms with Gasteiger partial charge in [0.1, 0.15) is 10.4 Å². The summed E-state index contributed by atoms with van der Waals surface area (Å²) in [5.41, 5.74) is 0.851. The second-order valence-corrected chi connectivity index (χ2v) is 6.06. The normalized spacial score (nSPS) is 16.7. The third-order valence-corrected chi connectivity index (χ3v) is 4.07. The van der Waals surface area contributed by atoms with Crippen molar-refractivity contribution in [2.75, 3.05) is 13.1 Å². The standard InChI is InChI=1S/C14H23BrN4/c1-2-3-12(16)6-9-19-10-13(15)18-14(19)11-4-7-17-8-5-11/h10-11,16-17H,2-9H2,1H3. The Hall–Kier alpha value is -0.680. The molecule has 1 aliphatic rings. The predicted octanol–water partition coefficient (Wildman–Crippen LogP) is 3.32. The zero-order valence-electron chi connectivity index (χ0n) is 11.6. The maximum atomic E-state index is 7.90. The lowest BCUT2D eigenvalue weighted by atomic mass is 9.97. The molecule has 0 amide bonds. The van der Waals surface area contributed by atoms with E-state index in [-0.39, 0.29) is 0 Å². The van der Waals surface area contributed by atoms with Crippen LogP contribution in [0, 0.1) is 5.41 Å². The van der Waals surface area contributed by atoms with Gasteiger partial charge in [0.05, 0.1) is 0 Å². The summed E-state index contributed by atoms with van der Waals surface area (Å²) in [5.74, 6) is 1.76. The van der Waals surface area contributed by atoms with Crippen molar-refractivity contribution in [2.45, 2.75) is 51.5 Å². The number of nitrogens with one attached hydrogen (secondary N) is 2. The van der Waals surface area contributed by atoms with Gasteiger partial charge in [0, 0.05) is 30.8 Å². The maximum Gasteiger partial charge on any atom is 0.124 e. The largest absolute Gasteiger partial charge is 0.333 e. The maximum absolute atomic E-state index is 7.90. The summed E-state index contributed by atoms with van der Waals surface area (Å²) in [5, 5.41) is 11.3. The molecule has 106 valence electrons. The Morgan fingerprint density at radius 1 is 1.47 bits per heavy atom. The number of aromatic nitrogens is 2. The summed E-state index contributed by atoms with van der Waals surface area (Å²) < 4.78 is 3.16. The predicted molar refractivity (Wildman–Crippen MR) is 82.0 cm³/mol. The molecular formula is C14H23BrN4. The highest BCUT2D eigenvalue weighted by Gasteiger charge is 2.20. The van der Waals surface area contributed by atoms with Crippen LogP contribution in [-0.2, 0) is 6.54 Å². The Bertz CT molecular complexity index is 421. The van der Waals surface area contributed by atoms with Gasteiger partial charge in [-0.25, -0.2) is 4.98 Å². The van der Waals surface area contributed by atoms with Crippen LogP contribution in [-0.4, -0.2) is 28.4 Å². The monoisotopic (exact) mass is 326 g/mol. The Labute approximate surface area is 123 Å².